The molecule has 0 aliphatic heterocycles. The zero-order valence-corrected chi connectivity index (χ0v) is 8.11. The molecule has 0 rings (SSSR count). The summed E-state index contributed by atoms with van der Waals surface area (Å²) in [6.45, 7) is 0. The highest BCUT2D eigenvalue weighted by atomic mass is 16.5. The first kappa shape index (κ1) is 13.1. The highest BCUT2D eigenvalue weighted by molar-refractivity contribution is 5.74. The van der Waals surface area contributed by atoms with E-state index in [1.54, 1.807) is 5.48 Å². The van der Waals surface area contributed by atoms with Crippen LogP contribution in [0.1, 0.15) is 38.5 Å². The summed E-state index contributed by atoms with van der Waals surface area (Å²) in [6.07, 6.45) is 3.70. The Morgan fingerprint density at radius 1 is 1.29 bits per heavy atom. The third kappa shape index (κ3) is 7.70. The van der Waals surface area contributed by atoms with Crippen molar-refractivity contribution in [3.63, 3.8) is 0 Å². The first-order chi connectivity index (χ1) is 6.70. The number of aldehydes is 1. The number of unbranched alkanes of at least 4 members (excludes halogenated alkanes) is 3. The van der Waals surface area contributed by atoms with Crippen molar-refractivity contribution in [1.29, 1.82) is 0 Å². The van der Waals surface area contributed by atoms with Gasteiger partial charge in [0.15, 0.2) is 0 Å². The Bertz CT molecular complexity index is 172. The molecule has 0 saturated carbocycles. The van der Waals surface area contributed by atoms with Gasteiger partial charge in [0.25, 0.3) is 0 Å². The number of carbonyl (C=O) groups is 2. The number of hydroxylamine groups is 1. The first-order valence-corrected chi connectivity index (χ1v) is 4.77. The van der Waals surface area contributed by atoms with Gasteiger partial charge in [-0.15, -0.1) is 0 Å². The maximum absolute atomic E-state index is 10.6. The monoisotopic (exact) mass is 203 g/mol. The van der Waals surface area contributed by atoms with E-state index in [1.807, 2.05) is 0 Å². The van der Waals surface area contributed by atoms with Crippen LogP contribution < -0.4 is 5.48 Å². The number of amides is 1. The van der Waals surface area contributed by atoms with Crippen LogP contribution >= 0.6 is 0 Å². The van der Waals surface area contributed by atoms with E-state index >= 15 is 0 Å². The number of hydrogen-bond acceptors (Lipinski definition) is 4. The molecule has 0 aromatic rings. The Kier molecular flexibility index (Phi) is 8.07. The molecule has 5 heteroatoms. The summed E-state index contributed by atoms with van der Waals surface area (Å²) >= 11 is 0. The lowest BCUT2D eigenvalue weighted by atomic mass is 10.1. The molecular formula is C9H17NO4. The van der Waals surface area contributed by atoms with Crippen LogP contribution in [0.15, 0.2) is 0 Å². The number of hydrogen-bond donors (Lipinski definition) is 3. The van der Waals surface area contributed by atoms with E-state index in [0.717, 1.165) is 19.3 Å². The van der Waals surface area contributed by atoms with Crippen LogP contribution in [0.4, 0.5) is 0 Å². The Balaban J connectivity index is 3.14. The van der Waals surface area contributed by atoms with Gasteiger partial charge in [0.2, 0.25) is 5.91 Å². The van der Waals surface area contributed by atoms with Crippen LogP contribution in [0.3, 0.4) is 0 Å². The lowest BCUT2D eigenvalue weighted by molar-refractivity contribution is -0.129. The van der Waals surface area contributed by atoms with Gasteiger partial charge < -0.3 is 9.90 Å². The van der Waals surface area contributed by atoms with Crippen LogP contribution in [0, 0.1) is 0 Å². The molecule has 1 atom stereocenters. The summed E-state index contributed by atoms with van der Waals surface area (Å²) in [5.41, 5.74) is 1.56. The summed E-state index contributed by atoms with van der Waals surface area (Å²) in [5.74, 6) is -0.377. The predicted octanol–water partition coefficient (Wildman–Crippen LogP) is 0.392. The van der Waals surface area contributed by atoms with Crippen LogP contribution in [0.5, 0.6) is 0 Å². The molecule has 0 heterocycles. The molecule has 1 unspecified atom stereocenters. The van der Waals surface area contributed by atoms with Crippen LogP contribution in [0.2, 0.25) is 0 Å². The number of rotatable bonds is 8. The van der Waals surface area contributed by atoms with Crippen LogP contribution in [-0.2, 0) is 9.59 Å². The van der Waals surface area contributed by atoms with E-state index in [2.05, 4.69) is 0 Å². The van der Waals surface area contributed by atoms with Crippen molar-refractivity contribution in [2.24, 2.45) is 0 Å². The van der Waals surface area contributed by atoms with E-state index in [-0.39, 0.29) is 5.91 Å². The van der Waals surface area contributed by atoms with Gasteiger partial charge in [-0.3, -0.25) is 10.0 Å². The second-order valence-corrected chi connectivity index (χ2v) is 3.19. The number of nitrogens with one attached hydrogen (secondary N) is 1. The van der Waals surface area contributed by atoms with Crippen LogP contribution in [-0.4, -0.2) is 28.6 Å². The number of carbonyl (C=O) groups excluding carboxylic acids is 2. The quantitative estimate of drug-likeness (QED) is 0.230. The van der Waals surface area contributed by atoms with Gasteiger partial charge in [0, 0.05) is 6.42 Å². The van der Waals surface area contributed by atoms with E-state index < -0.39 is 6.10 Å². The summed E-state index contributed by atoms with van der Waals surface area (Å²) in [4.78, 5) is 20.6. The fourth-order valence-corrected chi connectivity index (χ4v) is 1.12. The third-order valence-corrected chi connectivity index (χ3v) is 1.94. The van der Waals surface area contributed by atoms with Gasteiger partial charge in [-0.2, -0.15) is 0 Å². The molecule has 0 aliphatic rings. The van der Waals surface area contributed by atoms with Gasteiger partial charge in [-0.25, -0.2) is 5.48 Å². The Labute approximate surface area is 83.1 Å². The molecule has 1 amide bonds. The first-order valence-electron chi connectivity index (χ1n) is 4.77. The van der Waals surface area contributed by atoms with Crippen molar-refractivity contribution >= 4 is 12.2 Å². The van der Waals surface area contributed by atoms with Crippen molar-refractivity contribution in [3.8, 4) is 0 Å². The maximum atomic E-state index is 10.6. The van der Waals surface area contributed by atoms with Gasteiger partial charge in [0.05, 0.1) is 0 Å². The minimum Gasteiger partial charge on any atom is -0.386 e. The molecule has 0 fully saturated rings. The molecule has 5 nitrogen and oxygen atoms in total. The normalized spacial score (nSPS) is 12.1. The van der Waals surface area contributed by atoms with Gasteiger partial charge in [0.1, 0.15) is 12.4 Å². The molecule has 0 bridgehead atoms. The largest absolute Gasteiger partial charge is 0.386 e. The molecule has 0 spiro atoms. The van der Waals surface area contributed by atoms with Gasteiger partial charge in [-0.1, -0.05) is 19.3 Å². The van der Waals surface area contributed by atoms with Crippen molar-refractivity contribution in [3.05, 3.63) is 0 Å². The fourth-order valence-electron chi connectivity index (χ4n) is 1.12. The zero-order chi connectivity index (χ0) is 10.8. The molecule has 14 heavy (non-hydrogen) atoms. The standard InChI is InChI=1S/C9H17NO4/c11-7-8(12)5-3-1-2-4-6-9(13)10-14/h7-8,12,14H,1-6H2,(H,10,13). The highest BCUT2D eigenvalue weighted by Gasteiger charge is 2.01. The fraction of sp³-hybridized carbons (Fsp3) is 0.778. The lowest BCUT2D eigenvalue weighted by Gasteiger charge is -2.02. The molecule has 0 saturated heterocycles. The number of aliphatic hydroxyl groups is 1. The molecule has 82 valence electrons. The second-order valence-electron chi connectivity index (χ2n) is 3.19. The molecule has 0 aromatic carbocycles. The smallest absolute Gasteiger partial charge is 0.243 e. The second kappa shape index (κ2) is 8.65. The average Bonchev–Trinajstić information content (AvgIpc) is 2.22. The SMILES string of the molecule is O=CC(O)CCCCCCC(=O)NO. The topological polar surface area (TPSA) is 86.6 Å². The minimum absolute atomic E-state index is 0.312. The lowest BCUT2D eigenvalue weighted by Crippen LogP contribution is -2.17. The molecule has 0 aromatic heterocycles. The van der Waals surface area contributed by atoms with Crippen molar-refractivity contribution in [2.45, 2.75) is 44.6 Å². The van der Waals surface area contributed by atoms with Gasteiger partial charge in [-0.05, 0) is 12.8 Å². The van der Waals surface area contributed by atoms with Crippen molar-refractivity contribution in [1.82, 2.24) is 5.48 Å². The molecule has 0 aliphatic carbocycles. The highest BCUT2D eigenvalue weighted by Crippen LogP contribution is 2.06. The number of aliphatic hydroxyl groups excluding tert-OH is 1. The summed E-state index contributed by atoms with van der Waals surface area (Å²) in [7, 11) is 0. The third-order valence-electron chi connectivity index (χ3n) is 1.94. The zero-order valence-electron chi connectivity index (χ0n) is 8.11. The Morgan fingerprint density at radius 2 is 1.93 bits per heavy atom. The Hall–Kier alpha value is -0.940. The van der Waals surface area contributed by atoms with E-state index in [4.69, 9.17) is 10.3 Å². The van der Waals surface area contributed by atoms with Crippen molar-refractivity contribution < 1.29 is 19.9 Å². The Morgan fingerprint density at radius 3 is 2.50 bits per heavy atom. The van der Waals surface area contributed by atoms with Crippen molar-refractivity contribution in [2.75, 3.05) is 0 Å². The maximum Gasteiger partial charge on any atom is 0.243 e. The summed E-state index contributed by atoms with van der Waals surface area (Å²) in [5, 5.41) is 17.0. The van der Waals surface area contributed by atoms with E-state index in [9.17, 15) is 9.59 Å². The summed E-state index contributed by atoms with van der Waals surface area (Å²) in [6, 6.07) is 0. The molecule has 3 N–H and O–H groups in total. The summed E-state index contributed by atoms with van der Waals surface area (Å²) < 4.78 is 0. The minimum atomic E-state index is -0.851. The van der Waals surface area contributed by atoms with Crippen LogP contribution in [0.25, 0.3) is 0 Å². The predicted molar refractivity (Wildman–Crippen MR) is 49.7 cm³/mol. The molecule has 0 radical (unpaired) electrons. The van der Waals surface area contributed by atoms with Gasteiger partial charge >= 0.3 is 0 Å². The average molecular weight is 203 g/mol. The van der Waals surface area contributed by atoms with E-state index in [0.29, 0.717) is 25.5 Å². The molecular weight excluding hydrogens is 186 g/mol. The van der Waals surface area contributed by atoms with E-state index in [1.165, 1.54) is 0 Å².